The molecule has 1 aromatic heterocycles. The van der Waals surface area contributed by atoms with E-state index in [0.717, 1.165) is 6.07 Å². The summed E-state index contributed by atoms with van der Waals surface area (Å²) in [7, 11) is 0. The van der Waals surface area contributed by atoms with Crippen LogP contribution in [-0.2, 0) is 5.88 Å². The van der Waals surface area contributed by atoms with E-state index in [1.54, 1.807) is 0 Å². The van der Waals surface area contributed by atoms with Crippen molar-refractivity contribution in [3.05, 3.63) is 17.7 Å². The number of ether oxygens (including phenoxy) is 1. The fourth-order valence-electron chi connectivity index (χ4n) is 0.773. The molecule has 0 atom stereocenters. The molecule has 0 aliphatic rings. The molecule has 0 aromatic carbocycles. The van der Waals surface area contributed by atoms with Gasteiger partial charge in [-0.25, -0.2) is 0 Å². The van der Waals surface area contributed by atoms with E-state index < -0.39 is 12.2 Å². The molecule has 0 aliphatic carbocycles. The zero-order valence-corrected chi connectivity index (χ0v) is 7.56. The quantitative estimate of drug-likeness (QED) is 0.787. The Bertz CT molecular complexity index is 329. The molecule has 2 N–H and O–H groups in total. The number of halogens is 4. The summed E-state index contributed by atoms with van der Waals surface area (Å²) in [6.45, 7) is 0. The molecule has 0 bridgehead atoms. The standard InChI is InChI=1S/C7H6ClF3N2O/c8-3-4-1-2-5(13-6(4)12)14-7(9,10)11/h1-2H,3H2,(H2,12,13). The van der Waals surface area contributed by atoms with Gasteiger partial charge in [-0.15, -0.1) is 24.8 Å². The molecule has 0 radical (unpaired) electrons. The molecular formula is C7H6ClF3N2O. The third-order valence-corrected chi connectivity index (χ3v) is 1.64. The second-order valence-corrected chi connectivity index (χ2v) is 2.64. The smallest absolute Gasteiger partial charge is 0.388 e. The molecule has 0 aliphatic heterocycles. The van der Waals surface area contributed by atoms with Crippen molar-refractivity contribution in [1.29, 1.82) is 0 Å². The minimum absolute atomic E-state index is 0.0678. The number of nitrogens with two attached hydrogens (primary N) is 1. The number of pyridine rings is 1. The number of nitrogen functional groups attached to an aromatic ring is 1. The van der Waals surface area contributed by atoms with Crippen molar-refractivity contribution >= 4 is 17.4 Å². The van der Waals surface area contributed by atoms with Crippen LogP contribution in [0.15, 0.2) is 12.1 Å². The van der Waals surface area contributed by atoms with Crippen molar-refractivity contribution in [3.8, 4) is 5.88 Å². The van der Waals surface area contributed by atoms with Crippen molar-refractivity contribution in [2.75, 3.05) is 5.73 Å². The van der Waals surface area contributed by atoms with Crippen LogP contribution in [0.5, 0.6) is 5.88 Å². The van der Waals surface area contributed by atoms with Crippen LogP contribution < -0.4 is 10.5 Å². The van der Waals surface area contributed by atoms with Gasteiger partial charge in [-0.2, -0.15) is 4.98 Å². The molecule has 0 spiro atoms. The molecular weight excluding hydrogens is 221 g/mol. The molecule has 1 heterocycles. The highest BCUT2D eigenvalue weighted by molar-refractivity contribution is 6.17. The summed E-state index contributed by atoms with van der Waals surface area (Å²) in [4.78, 5) is 3.38. The Hall–Kier alpha value is -1.17. The summed E-state index contributed by atoms with van der Waals surface area (Å²) in [5, 5.41) is 0. The Morgan fingerprint density at radius 1 is 1.43 bits per heavy atom. The van der Waals surface area contributed by atoms with Crippen molar-refractivity contribution in [3.63, 3.8) is 0 Å². The molecule has 0 amide bonds. The van der Waals surface area contributed by atoms with Gasteiger partial charge in [0.2, 0.25) is 5.88 Å². The van der Waals surface area contributed by atoms with Crippen LogP contribution in [-0.4, -0.2) is 11.3 Å². The van der Waals surface area contributed by atoms with Crippen LogP contribution in [0.2, 0.25) is 0 Å². The van der Waals surface area contributed by atoms with Gasteiger partial charge in [0.05, 0.1) is 5.88 Å². The van der Waals surface area contributed by atoms with E-state index in [0.29, 0.717) is 5.56 Å². The maximum atomic E-state index is 11.7. The maximum absolute atomic E-state index is 11.7. The monoisotopic (exact) mass is 226 g/mol. The normalized spacial score (nSPS) is 11.4. The summed E-state index contributed by atoms with van der Waals surface area (Å²) in [6, 6.07) is 2.39. The molecule has 78 valence electrons. The van der Waals surface area contributed by atoms with E-state index in [-0.39, 0.29) is 11.7 Å². The first kappa shape index (κ1) is 10.9. The Balaban J connectivity index is 2.87. The van der Waals surface area contributed by atoms with E-state index in [4.69, 9.17) is 17.3 Å². The van der Waals surface area contributed by atoms with Gasteiger partial charge in [0, 0.05) is 11.6 Å². The van der Waals surface area contributed by atoms with Crippen molar-refractivity contribution in [2.24, 2.45) is 0 Å². The van der Waals surface area contributed by atoms with Gasteiger partial charge in [-0.1, -0.05) is 0 Å². The first-order chi connectivity index (χ1) is 6.42. The maximum Gasteiger partial charge on any atom is 0.574 e. The molecule has 3 nitrogen and oxygen atoms in total. The number of nitrogens with zero attached hydrogens (tertiary/aromatic N) is 1. The number of aromatic nitrogens is 1. The third kappa shape index (κ3) is 2.95. The number of alkyl halides is 4. The second kappa shape index (κ2) is 3.91. The average molecular weight is 227 g/mol. The van der Waals surface area contributed by atoms with Crippen LogP contribution >= 0.6 is 11.6 Å². The summed E-state index contributed by atoms with van der Waals surface area (Å²) in [5.41, 5.74) is 5.77. The van der Waals surface area contributed by atoms with Gasteiger partial charge in [0.1, 0.15) is 5.82 Å². The molecule has 0 saturated heterocycles. The highest BCUT2D eigenvalue weighted by Crippen LogP contribution is 2.23. The topological polar surface area (TPSA) is 48.1 Å². The number of anilines is 1. The third-order valence-electron chi connectivity index (χ3n) is 1.35. The van der Waals surface area contributed by atoms with Crippen molar-refractivity contribution in [1.82, 2.24) is 4.98 Å². The van der Waals surface area contributed by atoms with Crippen LogP contribution in [0.25, 0.3) is 0 Å². The van der Waals surface area contributed by atoms with Crippen LogP contribution in [0.3, 0.4) is 0 Å². The molecule has 0 unspecified atom stereocenters. The van der Waals surface area contributed by atoms with Gasteiger partial charge >= 0.3 is 6.36 Å². The van der Waals surface area contributed by atoms with Gasteiger partial charge in [0.15, 0.2) is 0 Å². The largest absolute Gasteiger partial charge is 0.574 e. The Kier molecular flexibility index (Phi) is 3.05. The molecule has 0 saturated carbocycles. The summed E-state index contributed by atoms with van der Waals surface area (Å²) in [6.07, 6.45) is -4.76. The summed E-state index contributed by atoms with van der Waals surface area (Å²) < 4.78 is 38.7. The molecule has 0 fully saturated rings. The highest BCUT2D eigenvalue weighted by Gasteiger charge is 2.31. The predicted molar refractivity (Wildman–Crippen MR) is 44.9 cm³/mol. The van der Waals surface area contributed by atoms with Crippen LogP contribution in [0.1, 0.15) is 5.56 Å². The molecule has 7 heteroatoms. The molecule has 1 aromatic rings. The van der Waals surface area contributed by atoms with Crippen LogP contribution in [0.4, 0.5) is 19.0 Å². The molecule has 1 rings (SSSR count). The average Bonchev–Trinajstić information content (AvgIpc) is 2.01. The fraction of sp³-hybridized carbons (Fsp3) is 0.286. The zero-order valence-electron chi connectivity index (χ0n) is 6.81. The lowest BCUT2D eigenvalue weighted by Gasteiger charge is -2.09. The summed E-state index contributed by atoms with van der Waals surface area (Å²) in [5.74, 6) is -0.573. The fourth-order valence-corrected chi connectivity index (χ4v) is 0.999. The SMILES string of the molecule is Nc1nc(OC(F)(F)F)ccc1CCl. The van der Waals surface area contributed by atoms with E-state index in [1.165, 1.54) is 6.07 Å². The van der Waals surface area contributed by atoms with Gasteiger partial charge < -0.3 is 10.5 Å². The number of hydrogen-bond donors (Lipinski definition) is 1. The Morgan fingerprint density at radius 3 is 2.50 bits per heavy atom. The number of hydrogen-bond acceptors (Lipinski definition) is 3. The van der Waals surface area contributed by atoms with E-state index in [2.05, 4.69) is 9.72 Å². The Morgan fingerprint density at radius 2 is 2.07 bits per heavy atom. The van der Waals surface area contributed by atoms with E-state index >= 15 is 0 Å². The first-order valence-electron chi connectivity index (χ1n) is 3.49. The van der Waals surface area contributed by atoms with Crippen LogP contribution in [0, 0.1) is 0 Å². The first-order valence-corrected chi connectivity index (χ1v) is 4.03. The van der Waals surface area contributed by atoms with Crippen molar-refractivity contribution in [2.45, 2.75) is 12.2 Å². The lowest BCUT2D eigenvalue weighted by atomic mass is 10.3. The minimum Gasteiger partial charge on any atom is -0.388 e. The molecule has 14 heavy (non-hydrogen) atoms. The van der Waals surface area contributed by atoms with E-state index in [9.17, 15) is 13.2 Å². The lowest BCUT2D eigenvalue weighted by Crippen LogP contribution is -2.18. The predicted octanol–water partition coefficient (Wildman–Crippen LogP) is 2.30. The summed E-state index contributed by atoms with van der Waals surface area (Å²) >= 11 is 5.43. The minimum atomic E-state index is -4.76. The van der Waals surface area contributed by atoms with Gasteiger partial charge in [-0.3, -0.25) is 0 Å². The Labute approximate surface area is 82.6 Å². The van der Waals surface area contributed by atoms with E-state index in [1.807, 2.05) is 0 Å². The number of rotatable bonds is 2. The highest BCUT2D eigenvalue weighted by atomic mass is 35.5. The lowest BCUT2D eigenvalue weighted by molar-refractivity contribution is -0.276. The van der Waals surface area contributed by atoms with Crippen molar-refractivity contribution < 1.29 is 17.9 Å². The second-order valence-electron chi connectivity index (χ2n) is 2.38. The van der Waals surface area contributed by atoms with Gasteiger partial charge in [-0.05, 0) is 6.07 Å². The van der Waals surface area contributed by atoms with Gasteiger partial charge in [0.25, 0.3) is 0 Å². The zero-order chi connectivity index (χ0) is 10.8.